The Morgan fingerprint density at radius 1 is 1.23 bits per heavy atom. The molecule has 3 aromatic heterocycles. The Hall–Kier alpha value is -2.83. The van der Waals surface area contributed by atoms with E-state index in [4.69, 9.17) is 4.98 Å². The molecule has 0 saturated carbocycles. The average Bonchev–Trinajstić information content (AvgIpc) is 3.02. The Kier molecular flexibility index (Phi) is 4.36. The second-order valence-corrected chi connectivity index (χ2v) is 6.76. The van der Waals surface area contributed by atoms with Crippen LogP contribution in [0.2, 0.25) is 0 Å². The van der Waals surface area contributed by atoms with Gasteiger partial charge in [0.15, 0.2) is 0 Å². The Morgan fingerprint density at radius 3 is 2.96 bits per heavy atom. The highest BCUT2D eigenvalue weighted by molar-refractivity contribution is 5.96. The Labute approximate surface area is 151 Å². The number of carbonyl (C=O) groups is 1. The summed E-state index contributed by atoms with van der Waals surface area (Å²) in [4.78, 5) is 26.0. The van der Waals surface area contributed by atoms with E-state index in [2.05, 4.69) is 27.3 Å². The van der Waals surface area contributed by atoms with Gasteiger partial charge in [-0.05, 0) is 44.2 Å². The first-order valence-electron chi connectivity index (χ1n) is 9.03. The second-order valence-electron chi connectivity index (χ2n) is 6.76. The van der Waals surface area contributed by atoms with Crippen molar-refractivity contribution in [3.05, 3.63) is 46.8 Å². The summed E-state index contributed by atoms with van der Waals surface area (Å²) >= 11 is 0. The van der Waals surface area contributed by atoms with Crippen molar-refractivity contribution in [2.24, 2.45) is 7.05 Å². The fraction of sp³-hybridized carbons (Fsp3) is 0.421. The van der Waals surface area contributed by atoms with E-state index < -0.39 is 0 Å². The van der Waals surface area contributed by atoms with Crippen LogP contribution in [0.1, 0.15) is 46.0 Å². The molecule has 0 fully saturated rings. The molecule has 7 heteroatoms. The van der Waals surface area contributed by atoms with Crippen molar-refractivity contribution in [2.75, 3.05) is 6.54 Å². The summed E-state index contributed by atoms with van der Waals surface area (Å²) in [7, 11) is 1.83. The van der Waals surface area contributed by atoms with E-state index in [0.29, 0.717) is 18.5 Å². The first-order valence-corrected chi connectivity index (χ1v) is 9.03. The minimum absolute atomic E-state index is 0.143. The smallest absolute Gasteiger partial charge is 0.252 e. The lowest BCUT2D eigenvalue weighted by atomic mass is 9.95. The third kappa shape index (κ3) is 3.16. The van der Waals surface area contributed by atoms with Crippen molar-refractivity contribution < 1.29 is 4.79 Å². The molecular weight excluding hydrogens is 328 g/mol. The van der Waals surface area contributed by atoms with Crippen molar-refractivity contribution in [3.8, 4) is 0 Å². The van der Waals surface area contributed by atoms with Crippen molar-refractivity contribution in [2.45, 2.75) is 39.0 Å². The van der Waals surface area contributed by atoms with Crippen LogP contribution < -0.4 is 5.32 Å². The van der Waals surface area contributed by atoms with E-state index in [1.165, 1.54) is 24.1 Å². The number of fused-ring (bicyclic) bond motifs is 2. The van der Waals surface area contributed by atoms with Gasteiger partial charge in [-0.25, -0.2) is 9.97 Å². The van der Waals surface area contributed by atoms with Crippen molar-refractivity contribution in [3.63, 3.8) is 0 Å². The first-order chi connectivity index (χ1) is 12.6. The van der Waals surface area contributed by atoms with Crippen LogP contribution in [0.5, 0.6) is 0 Å². The van der Waals surface area contributed by atoms with E-state index in [1.54, 1.807) is 17.1 Å². The predicted octanol–water partition coefficient (Wildman–Crippen LogP) is 1.92. The second kappa shape index (κ2) is 6.82. The third-order valence-corrected chi connectivity index (χ3v) is 4.93. The van der Waals surface area contributed by atoms with Crippen LogP contribution in [0.25, 0.3) is 11.0 Å². The maximum absolute atomic E-state index is 12.4. The van der Waals surface area contributed by atoms with Crippen molar-refractivity contribution >= 4 is 16.9 Å². The molecule has 1 N–H and O–H groups in total. The maximum Gasteiger partial charge on any atom is 0.252 e. The predicted molar refractivity (Wildman–Crippen MR) is 98.0 cm³/mol. The molecular formula is C19H22N6O. The summed E-state index contributed by atoms with van der Waals surface area (Å²) < 4.78 is 1.71. The summed E-state index contributed by atoms with van der Waals surface area (Å²) in [6.07, 6.45) is 8.44. The number of rotatable bonds is 4. The lowest BCUT2D eigenvalue weighted by Crippen LogP contribution is -2.26. The van der Waals surface area contributed by atoms with Crippen LogP contribution in [0.4, 0.5) is 0 Å². The largest absolute Gasteiger partial charge is 0.352 e. The quantitative estimate of drug-likeness (QED) is 0.777. The van der Waals surface area contributed by atoms with Crippen molar-refractivity contribution in [1.29, 1.82) is 0 Å². The van der Waals surface area contributed by atoms with Gasteiger partial charge in [-0.2, -0.15) is 5.10 Å². The highest BCUT2D eigenvalue weighted by Gasteiger charge is 2.15. The average molecular weight is 350 g/mol. The molecule has 0 unspecified atom stereocenters. The summed E-state index contributed by atoms with van der Waals surface area (Å²) in [6.45, 7) is 2.56. The van der Waals surface area contributed by atoms with E-state index >= 15 is 0 Å². The highest BCUT2D eigenvalue weighted by Crippen LogP contribution is 2.21. The molecule has 0 saturated heterocycles. The molecule has 1 aliphatic rings. The number of aromatic nitrogens is 5. The van der Waals surface area contributed by atoms with Crippen LogP contribution in [0.3, 0.4) is 0 Å². The molecule has 0 aromatic carbocycles. The molecule has 7 nitrogen and oxygen atoms in total. The highest BCUT2D eigenvalue weighted by atomic mass is 16.1. The van der Waals surface area contributed by atoms with Crippen LogP contribution in [-0.2, 0) is 26.3 Å². The van der Waals surface area contributed by atoms with E-state index in [-0.39, 0.29) is 5.91 Å². The minimum Gasteiger partial charge on any atom is -0.352 e. The van der Waals surface area contributed by atoms with Gasteiger partial charge in [0.2, 0.25) is 0 Å². The Morgan fingerprint density at radius 2 is 2.08 bits per heavy atom. The SMILES string of the molecule is Cc1nc(CCNC(=O)c2cnc3cnn(C)c3c2)nc2c1CCCC2. The molecule has 1 aliphatic carbocycles. The zero-order valence-corrected chi connectivity index (χ0v) is 15.1. The van der Waals surface area contributed by atoms with Gasteiger partial charge in [0.1, 0.15) is 11.3 Å². The Bertz CT molecular complexity index is 978. The molecule has 0 bridgehead atoms. The molecule has 0 radical (unpaired) electrons. The minimum atomic E-state index is -0.143. The lowest BCUT2D eigenvalue weighted by molar-refractivity contribution is 0.0954. The zero-order chi connectivity index (χ0) is 18.1. The standard InChI is InChI=1S/C19H22N6O/c1-12-14-5-3-4-6-15(14)24-18(23-12)7-8-20-19(26)13-9-17-16(21-10-13)11-22-25(17)2/h9-11H,3-8H2,1-2H3,(H,20,26). The number of amides is 1. The molecule has 1 amide bonds. The number of nitrogens with zero attached hydrogens (tertiary/aromatic N) is 5. The number of pyridine rings is 1. The van der Waals surface area contributed by atoms with E-state index in [1.807, 2.05) is 13.1 Å². The monoisotopic (exact) mass is 350 g/mol. The molecule has 26 heavy (non-hydrogen) atoms. The van der Waals surface area contributed by atoms with E-state index in [9.17, 15) is 4.79 Å². The molecule has 0 aliphatic heterocycles. The zero-order valence-electron chi connectivity index (χ0n) is 15.1. The van der Waals surface area contributed by atoms with Crippen LogP contribution >= 0.6 is 0 Å². The van der Waals surface area contributed by atoms with Gasteiger partial charge in [-0.1, -0.05) is 0 Å². The number of aryl methyl sites for hydroxylation is 3. The van der Waals surface area contributed by atoms with E-state index in [0.717, 1.165) is 35.4 Å². The van der Waals surface area contributed by atoms with Gasteiger partial charge in [0.05, 0.1) is 17.3 Å². The van der Waals surface area contributed by atoms with Gasteiger partial charge in [-0.15, -0.1) is 0 Å². The maximum atomic E-state index is 12.4. The lowest BCUT2D eigenvalue weighted by Gasteiger charge is -2.17. The fourth-order valence-electron chi connectivity index (χ4n) is 3.50. The summed E-state index contributed by atoms with van der Waals surface area (Å²) in [5.74, 6) is 0.666. The molecule has 0 spiro atoms. The van der Waals surface area contributed by atoms with Crippen LogP contribution in [-0.4, -0.2) is 37.2 Å². The Balaban J connectivity index is 1.41. The van der Waals surface area contributed by atoms with Crippen molar-refractivity contribution in [1.82, 2.24) is 30.0 Å². The topological polar surface area (TPSA) is 85.6 Å². The summed E-state index contributed by atoms with van der Waals surface area (Å²) in [5, 5.41) is 7.08. The molecule has 3 aromatic rings. The van der Waals surface area contributed by atoms with Gasteiger partial charge < -0.3 is 5.32 Å². The van der Waals surface area contributed by atoms with Gasteiger partial charge >= 0.3 is 0 Å². The fourth-order valence-corrected chi connectivity index (χ4v) is 3.50. The van der Waals surface area contributed by atoms with Gasteiger partial charge in [0.25, 0.3) is 5.91 Å². The summed E-state index contributed by atoms with van der Waals surface area (Å²) in [5.41, 5.74) is 5.74. The van der Waals surface area contributed by atoms with Gasteiger partial charge in [0, 0.05) is 37.6 Å². The molecule has 0 atom stereocenters. The first kappa shape index (κ1) is 16.6. The third-order valence-electron chi connectivity index (χ3n) is 4.93. The normalized spacial score (nSPS) is 13.6. The number of nitrogens with one attached hydrogen (secondary N) is 1. The molecule has 3 heterocycles. The number of carbonyl (C=O) groups excluding carboxylic acids is 1. The van der Waals surface area contributed by atoms with Crippen LogP contribution in [0.15, 0.2) is 18.5 Å². The number of hydrogen-bond donors (Lipinski definition) is 1. The van der Waals surface area contributed by atoms with Gasteiger partial charge in [-0.3, -0.25) is 14.5 Å². The molecule has 4 rings (SSSR count). The van der Waals surface area contributed by atoms with Crippen LogP contribution in [0, 0.1) is 6.92 Å². The molecule has 134 valence electrons. The summed E-state index contributed by atoms with van der Waals surface area (Å²) in [6, 6.07) is 1.81. The number of hydrogen-bond acceptors (Lipinski definition) is 5.